The van der Waals surface area contributed by atoms with Gasteiger partial charge in [-0.25, -0.2) is 0 Å². The van der Waals surface area contributed by atoms with E-state index in [1.54, 1.807) is 7.11 Å². The Bertz CT molecular complexity index is 827. The fraction of sp³-hybridized carbons (Fsp3) is 0.696. The number of ether oxygens (including phenoxy) is 3. The first-order valence-corrected chi connectivity index (χ1v) is 10.9. The van der Waals surface area contributed by atoms with E-state index in [2.05, 4.69) is 29.4 Å². The minimum absolute atomic E-state index is 0.0771. The summed E-state index contributed by atoms with van der Waals surface area (Å²) >= 11 is 0. The molecule has 1 aromatic carbocycles. The lowest BCUT2D eigenvalue weighted by molar-refractivity contribution is -0.142. The van der Waals surface area contributed by atoms with E-state index in [0.29, 0.717) is 17.9 Å². The minimum Gasteiger partial charge on any atom is -0.493 e. The molecule has 0 amide bonds. The first kappa shape index (κ1) is 19.2. The van der Waals surface area contributed by atoms with Crippen molar-refractivity contribution in [3.05, 3.63) is 23.3 Å². The molecule has 1 saturated heterocycles. The smallest absolute Gasteiger partial charge is 0.322 e. The lowest BCUT2D eigenvalue weighted by Crippen LogP contribution is -2.66. The Morgan fingerprint density at radius 3 is 2.97 bits per heavy atom. The van der Waals surface area contributed by atoms with Crippen LogP contribution in [0, 0.1) is 11.8 Å². The quantitative estimate of drug-likeness (QED) is 0.764. The molecule has 4 unspecified atom stereocenters. The summed E-state index contributed by atoms with van der Waals surface area (Å²) in [7, 11) is 5.45. The van der Waals surface area contributed by atoms with Crippen molar-refractivity contribution in [1.82, 2.24) is 10.2 Å². The SMILES string of the molecule is COC(=O)[C@@H](C)NCC1CCC2C3Cc4ccc(OC)c5c4[C@]2(CCN3C)C1O5. The molecule has 0 aromatic heterocycles. The number of nitrogens with zero attached hydrogens (tertiary/aromatic N) is 1. The van der Waals surface area contributed by atoms with Gasteiger partial charge in [-0.05, 0) is 63.7 Å². The number of nitrogens with one attached hydrogen (secondary N) is 1. The van der Waals surface area contributed by atoms with Crippen LogP contribution in [-0.2, 0) is 21.4 Å². The third-order valence-corrected chi connectivity index (χ3v) is 8.16. The van der Waals surface area contributed by atoms with E-state index in [-0.39, 0.29) is 23.5 Å². The van der Waals surface area contributed by atoms with Crippen LogP contribution in [0.3, 0.4) is 0 Å². The number of hydrogen-bond donors (Lipinski definition) is 1. The van der Waals surface area contributed by atoms with Gasteiger partial charge in [-0.3, -0.25) is 4.79 Å². The van der Waals surface area contributed by atoms with Gasteiger partial charge in [0.2, 0.25) is 0 Å². The first-order chi connectivity index (χ1) is 14.0. The highest BCUT2D eigenvalue weighted by Crippen LogP contribution is 2.64. The van der Waals surface area contributed by atoms with E-state index in [1.807, 2.05) is 6.92 Å². The van der Waals surface area contributed by atoms with E-state index in [9.17, 15) is 4.79 Å². The molecule has 158 valence electrons. The van der Waals surface area contributed by atoms with Crippen LogP contribution in [-0.4, -0.2) is 63.4 Å². The van der Waals surface area contributed by atoms with E-state index >= 15 is 0 Å². The molecule has 1 spiro atoms. The molecule has 1 saturated carbocycles. The summed E-state index contributed by atoms with van der Waals surface area (Å²) in [6.45, 7) is 3.74. The molecule has 2 aliphatic heterocycles. The predicted octanol–water partition coefficient (Wildman–Crippen LogP) is 2.13. The third kappa shape index (κ3) is 2.58. The number of methoxy groups -OCH3 is 2. The second-order valence-electron chi connectivity index (χ2n) is 9.31. The molecular formula is C23H32N2O4. The van der Waals surface area contributed by atoms with Crippen LogP contribution in [0.4, 0.5) is 0 Å². The molecule has 29 heavy (non-hydrogen) atoms. The van der Waals surface area contributed by atoms with E-state index in [4.69, 9.17) is 14.2 Å². The van der Waals surface area contributed by atoms with Gasteiger partial charge in [0.1, 0.15) is 12.1 Å². The highest BCUT2D eigenvalue weighted by Gasteiger charge is 2.65. The van der Waals surface area contributed by atoms with Gasteiger partial charge in [-0.15, -0.1) is 0 Å². The fourth-order valence-electron chi connectivity index (χ4n) is 6.80. The Labute approximate surface area is 172 Å². The zero-order valence-electron chi connectivity index (χ0n) is 17.9. The number of likely N-dealkylation sites (N-methyl/N-ethyl adjacent to an activating group) is 1. The summed E-state index contributed by atoms with van der Waals surface area (Å²) in [5.74, 6) is 2.62. The maximum absolute atomic E-state index is 11.8. The Hall–Kier alpha value is -1.79. The van der Waals surface area contributed by atoms with Crippen LogP contribution in [0.5, 0.6) is 11.5 Å². The Morgan fingerprint density at radius 2 is 2.21 bits per heavy atom. The zero-order chi connectivity index (χ0) is 20.3. The van der Waals surface area contributed by atoms with Crippen LogP contribution >= 0.6 is 0 Å². The number of rotatable bonds is 5. The molecule has 6 atom stereocenters. The summed E-state index contributed by atoms with van der Waals surface area (Å²) in [6.07, 6.45) is 4.71. The van der Waals surface area contributed by atoms with Crippen molar-refractivity contribution in [1.29, 1.82) is 0 Å². The second-order valence-corrected chi connectivity index (χ2v) is 9.31. The van der Waals surface area contributed by atoms with Gasteiger partial charge in [0, 0.05) is 29.5 Å². The van der Waals surface area contributed by atoms with Crippen LogP contribution in [0.1, 0.15) is 37.3 Å². The van der Waals surface area contributed by atoms with E-state index in [1.165, 1.54) is 24.7 Å². The number of hydrogen-bond acceptors (Lipinski definition) is 6. The number of carbonyl (C=O) groups excluding carboxylic acids is 1. The molecular weight excluding hydrogens is 368 g/mol. The normalized spacial score (nSPS) is 35.4. The maximum Gasteiger partial charge on any atom is 0.322 e. The fourth-order valence-corrected chi connectivity index (χ4v) is 6.80. The standard InChI is InChI=1S/C23H32N2O4/c1-13(22(26)28-4)24-12-15-5-7-16-17-11-14-6-8-18(27-3)20-19(14)23(16,21(15)29-20)9-10-25(17)2/h6,8,13,15-17,21,24H,5,7,9-12H2,1-4H3/t13-,15?,16?,17?,21?,23-/m1/s1. The van der Waals surface area contributed by atoms with Gasteiger partial charge in [-0.2, -0.15) is 0 Å². The zero-order valence-corrected chi connectivity index (χ0v) is 17.9. The molecule has 6 heteroatoms. The van der Waals surface area contributed by atoms with E-state index in [0.717, 1.165) is 43.9 Å². The second kappa shape index (κ2) is 6.88. The Balaban J connectivity index is 1.52. The number of likely N-dealkylation sites (tertiary alicyclic amines) is 1. The minimum atomic E-state index is -0.305. The molecule has 0 radical (unpaired) electrons. The van der Waals surface area contributed by atoms with Crippen LogP contribution < -0.4 is 14.8 Å². The summed E-state index contributed by atoms with van der Waals surface area (Å²) in [4.78, 5) is 14.4. The van der Waals surface area contributed by atoms with Crippen LogP contribution in [0.15, 0.2) is 12.1 Å². The molecule has 2 bridgehead atoms. The highest BCUT2D eigenvalue weighted by molar-refractivity contribution is 5.75. The van der Waals surface area contributed by atoms with Gasteiger partial charge in [0.05, 0.1) is 14.2 Å². The largest absolute Gasteiger partial charge is 0.493 e. The maximum atomic E-state index is 11.8. The predicted molar refractivity (Wildman–Crippen MR) is 110 cm³/mol. The number of benzene rings is 1. The molecule has 1 N–H and O–H groups in total. The summed E-state index contributed by atoms with van der Waals surface area (Å²) in [5.41, 5.74) is 2.95. The molecule has 4 aliphatic rings. The summed E-state index contributed by atoms with van der Waals surface area (Å²) in [5, 5.41) is 3.40. The van der Waals surface area contributed by atoms with Gasteiger partial charge < -0.3 is 24.4 Å². The van der Waals surface area contributed by atoms with Gasteiger partial charge in [0.15, 0.2) is 11.5 Å². The number of piperidine rings is 1. The highest BCUT2D eigenvalue weighted by atomic mass is 16.5. The van der Waals surface area contributed by atoms with Crippen molar-refractivity contribution in [3.63, 3.8) is 0 Å². The summed E-state index contributed by atoms with van der Waals surface area (Å²) < 4.78 is 17.4. The lowest BCUT2D eigenvalue weighted by atomic mass is 9.50. The van der Waals surface area contributed by atoms with Gasteiger partial charge in [0.25, 0.3) is 0 Å². The van der Waals surface area contributed by atoms with Crippen LogP contribution in [0.2, 0.25) is 0 Å². The number of carbonyl (C=O) groups is 1. The van der Waals surface area contributed by atoms with Crippen LogP contribution in [0.25, 0.3) is 0 Å². The van der Waals surface area contributed by atoms with Gasteiger partial charge >= 0.3 is 5.97 Å². The van der Waals surface area contributed by atoms with Crippen molar-refractivity contribution < 1.29 is 19.0 Å². The summed E-state index contributed by atoms with van der Waals surface area (Å²) in [6, 6.07) is 4.62. The van der Waals surface area contributed by atoms with Crippen molar-refractivity contribution in [3.8, 4) is 11.5 Å². The molecule has 5 rings (SSSR count). The lowest BCUT2D eigenvalue weighted by Gasteiger charge is -2.59. The van der Waals surface area contributed by atoms with Crippen molar-refractivity contribution >= 4 is 5.97 Å². The first-order valence-electron chi connectivity index (χ1n) is 10.9. The van der Waals surface area contributed by atoms with Crippen molar-refractivity contribution in [2.24, 2.45) is 11.8 Å². The van der Waals surface area contributed by atoms with Crippen molar-refractivity contribution in [2.75, 3.05) is 34.4 Å². The van der Waals surface area contributed by atoms with E-state index < -0.39 is 0 Å². The Morgan fingerprint density at radius 1 is 1.38 bits per heavy atom. The number of esters is 1. The molecule has 2 aliphatic carbocycles. The average molecular weight is 401 g/mol. The Kier molecular flexibility index (Phi) is 4.55. The molecule has 2 heterocycles. The third-order valence-electron chi connectivity index (χ3n) is 8.16. The molecule has 1 aromatic rings. The molecule has 6 nitrogen and oxygen atoms in total. The monoisotopic (exact) mass is 400 g/mol. The van der Waals surface area contributed by atoms with Crippen molar-refractivity contribution in [2.45, 2.75) is 56.2 Å². The topological polar surface area (TPSA) is 60.0 Å². The van der Waals surface area contributed by atoms with Gasteiger partial charge in [-0.1, -0.05) is 6.07 Å². The average Bonchev–Trinajstić information content (AvgIpc) is 3.09. The molecule has 2 fully saturated rings.